The third-order valence-corrected chi connectivity index (χ3v) is 4.29. The Morgan fingerprint density at radius 1 is 1.20 bits per heavy atom. The number of ether oxygens (including phenoxy) is 1. The van der Waals surface area contributed by atoms with Crippen LogP contribution in [0, 0.1) is 5.82 Å². The van der Waals surface area contributed by atoms with Crippen molar-refractivity contribution in [3.8, 4) is 0 Å². The van der Waals surface area contributed by atoms with E-state index in [4.69, 9.17) is 4.74 Å². The van der Waals surface area contributed by atoms with Crippen molar-refractivity contribution in [3.63, 3.8) is 0 Å². The van der Waals surface area contributed by atoms with Crippen molar-refractivity contribution in [1.29, 1.82) is 0 Å². The van der Waals surface area contributed by atoms with Crippen LogP contribution in [0.15, 0.2) is 54.7 Å². The highest BCUT2D eigenvalue weighted by molar-refractivity contribution is 5.86. The van der Waals surface area contributed by atoms with Crippen LogP contribution < -0.4 is 5.32 Å². The predicted molar refractivity (Wildman–Crippen MR) is 96.0 cm³/mol. The molecule has 1 amide bonds. The minimum Gasteiger partial charge on any atom is -0.383 e. The fraction of sp³-hybridized carbons (Fsp3) is 0.250. The molecular weight excluding hydrogens is 319 g/mol. The number of halogens is 1. The van der Waals surface area contributed by atoms with Gasteiger partial charge in [-0.3, -0.25) is 4.79 Å². The van der Waals surface area contributed by atoms with E-state index in [1.807, 2.05) is 30.5 Å². The van der Waals surface area contributed by atoms with E-state index in [0.29, 0.717) is 13.2 Å². The quantitative estimate of drug-likeness (QED) is 0.646. The highest BCUT2D eigenvalue weighted by Crippen LogP contribution is 2.33. The Morgan fingerprint density at radius 2 is 1.96 bits per heavy atom. The van der Waals surface area contributed by atoms with Gasteiger partial charge in [-0.05, 0) is 29.3 Å². The zero-order chi connectivity index (χ0) is 17.6. The van der Waals surface area contributed by atoms with Gasteiger partial charge in [-0.1, -0.05) is 30.3 Å². The number of carbonyl (C=O) groups excluding carboxylic acids is 1. The normalized spacial score (nSPS) is 12.2. The monoisotopic (exact) mass is 340 g/mol. The molecule has 130 valence electrons. The Labute approximate surface area is 146 Å². The molecule has 5 heteroatoms. The average molecular weight is 340 g/mol. The Kier molecular flexibility index (Phi) is 5.46. The van der Waals surface area contributed by atoms with Gasteiger partial charge < -0.3 is 15.0 Å². The summed E-state index contributed by atoms with van der Waals surface area (Å²) >= 11 is 0. The maximum atomic E-state index is 13.3. The van der Waals surface area contributed by atoms with Crippen molar-refractivity contribution in [2.45, 2.75) is 12.3 Å². The van der Waals surface area contributed by atoms with Gasteiger partial charge in [0.05, 0.1) is 6.61 Å². The molecular formula is C20H21FN2O2. The summed E-state index contributed by atoms with van der Waals surface area (Å²) in [4.78, 5) is 15.6. The molecule has 0 aliphatic rings. The number of H-pyrrole nitrogens is 1. The lowest BCUT2D eigenvalue weighted by atomic mass is 9.88. The summed E-state index contributed by atoms with van der Waals surface area (Å²) in [6.45, 7) is 0.944. The lowest BCUT2D eigenvalue weighted by Crippen LogP contribution is -2.28. The molecule has 0 aliphatic heterocycles. The Balaban J connectivity index is 1.91. The second-order valence-electron chi connectivity index (χ2n) is 5.94. The number of fused-ring (bicyclic) bond motifs is 1. The van der Waals surface area contributed by atoms with E-state index >= 15 is 0 Å². The molecule has 0 unspecified atom stereocenters. The molecule has 0 radical (unpaired) electrons. The van der Waals surface area contributed by atoms with Gasteiger partial charge in [0.25, 0.3) is 0 Å². The van der Waals surface area contributed by atoms with Crippen LogP contribution in [0.1, 0.15) is 23.5 Å². The maximum Gasteiger partial charge on any atom is 0.221 e. The Hall–Kier alpha value is -2.66. The fourth-order valence-electron chi connectivity index (χ4n) is 3.03. The van der Waals surface area contributed by atoms with E-state index in [-0.39, 0.29) is 24.1 Å². The summed E-state index contributed by atoms with van der Waals surface area (Å²) < 4.78 is 18.3. The highest BCUT2D eigenvalue weighted by Gasteiger charge is 2.21. The largest absolute Gasteiger partial charge is 0.383 e. The summed E-state index contributed by atoms with van der Waals surface area (Å²) in [6.07, 6.45) is 2.22. The number of carbonyl (C=O) groups is 1. The van der Waals surface area contributed by atoms with Crippen LogP contribution in [0.25, 0.3) is 10.9 Å². The Morgan fingerprint density at radius 3 is 2.72 bits per heavy atom. The molecule has 4 nitrogen and oxygen atoms in total. The summed E-state index contributed by atoms with van der Waals surface area (Å²) in [5.74, 6) is -0.498. The molecule has 3 aromatic rings. The lowest BCUT2D eigenvalue weighted by Gasteiger charge is -2.17. The SMILES string of the molecule is COCCNC(=O)C[C@@H](c1ccc(F)cc1)c1c[nH]c2ccccc12. The van der Waals surface area contributed by atoms with Crippen LogP contribution in [-0.4, -0.2) is 31.2 Å². The van der Waals surface area contributed by atoms with Crippen LogP contribution in [-0.2, 0) is 9.53 Å². The summed E-state index contributed by atoms with van der Waals surface area (Å²) in [5.41, 5.74) is 2.96. The predicted octanol–water partition coefficient (Wildman–Crippen LogP) is 3.59. The number of benzene rings is 2. The molecule has 0 spiro atoms. The number of aromatic nitrogens is 1. The van der Waals surface area contributed by atoms with Crippen LogP contribution in [0.5, 0.6) is 0 Å². The van der Waals surface area contributed by atoms with E-state index in [2.05, 4.69) is 10.3 Å². The first-order chi connectivity index (χ1) is 12.2. The van der Waals surface area contributed by atoms with Crippen LogP contribution >= 0.6 is 0 Å². The maximum absolute atomic E-state index is 13.3. The van der Waals surface area contributed by atoms with E-state index in [9.17, 15) is 9.18 Å². The first-order valence-electron chi connectivity index (χ1n) is 8.26. The van der Waals surface area contributed by atoms with Gasteiger partial charge in [-0.15, -0.1) is 0 Å². The number of hydrogen-bond donors (Lipinski definition) is 2. The number of nitrogens with one attached hydrogen (secondary N) is 2. The first kappa shape index (κ1) is 17.2. The minimum absolute atomic E-state index is 0.0587. The number of aromatic amines is 1. The second-order valence-corrected chi connectivity index (χ2v) is 5.94. The van der Waals surface area contributed by atoms with Crippen LogP contribution in [0.4, 0.5) is 4.39 Å². The van der Waals surface area contributed by atoms with E-state index < -0.39 is 0 Å². The number of para-hydroxylation sites is 1. The lowest BCUT2D eigenvalue weighted by molar-refractivity contribution is -0.121. The second kappa shape index (κ2) is 7.94. The summed E-state index contributed by atoms with van der Waals surface area (Å²) in [7, 11) is 1.60. The molecule has 1 atom stereocenters. The molecule has 2 N–H and O–H groups in total. The number of methoxy groups -OCH3 is 1. The van der Waals surface area contributed by atoms with Gasteiger partial charge in [0.15, 0.2) is 0 Å². The van der Waals surface area contributed by atoms with Crippen molar-refractivity contribution >= 4 is 16.8 Å². The topological polar surface area (TPSA) is 54.1 Å². The van der Waals surface area contributed by atoms with E-state index in [1.54, 1.807) is 19.2 Å². The number of amides is 1. The van der Waals surface area contributed by atoms with Crippen LogP contribution in [0.3, 0.4) is 0 Å². The smallest absolute Gasteiger partial charge is 0.221 e. The van der Waals surface area contributed by atoms with Crippen molar-refractivity contribution in [2.24, 2.45) is 0 Å². The van der Waals surface area contributed by atoms with E-state index in [1.165, 1.54) is 12.1 Å². The van der Waals surface area contributed by atoms with E-state index in [0.717, 1.165) is 22.0 Å². The highest BCUT2D eigenvalue weighted by atomic mass is 19.1. The molecule has 1 heterocycles. The number of rotatable bonds is 7. The van der Waals surface area contributed by atoms with Crippen molar-refractivity contribution in [2.75, 3.05) is 20.3 Å². The molecule has 0 fully saturated rings. The summed E-state index contributed by atoms with van der Waals surface area (Å²) in [6, 6.07) is 14.3. The molecule has 1 aromatic heterocycles. The van der Waals surface area contributed by atoms with Crippen LogP contribution in [0.2, 0.25) is 0 Å². The molecule has 0 saturated carbocycles. The fourth-order valence-corrected chi connectivity index (χ4v) is 3.03. The first-order valence-corrected chi connectivity index (χ1v) is 8.26. The zero-order valence-electron chi connectivity index (χ0n) is 14.1. The molecule has 0 bridgehead atoms. The summed E-state index contributed by atoms with van der Waals surface area (Å²) in [5, 5.41) is 3.93. The van der Waals surface area contributed by atoms with Gasteiger partial charge in [-0.2, -0.15) is 0 Å². The van der Waals surface area contributed by atoms with Gasteiger partial charge in [0.1, 0.15) is 5.82 Å². The standard InChI is InChI=1S/C20H21FN2O2/c1-25-11-10-22-20(24)12-17(14-6-8-15(21)9-7-14)18-13-23-19-5-3-2-4-16(18)19/h2-9,13,17,23H,10-12H2,1H3,(H,22,24)/t17-/m0/s1. The van der Waals surface area contributed by atoms with Crippen molar-refractivity contribution < 1.29 is 13.9 Å². The van der Waals surface area contributed by atoms with Gasteiger partial charge in [0.2, 0.25) is 5.91 Å². The van der Waals surface area contributed by atoms with Gasteiger partial charge >= 0.3 is 0 Å². The molecule has 25 heavy (non-hydrogen) atoms. The molecule has 0 saturated heterocycles. The Bertz CT molecular complexity index is 842. The molecule has 2 aromatic carbocycles. The molecule has 3 rings (SSSR count). The average Bonchev–Trinajstić information content (AvgIpc) is 3.05. The van der Waals surface area contributed by atoms with Gasteiger partial charge in [-0.25, -0.2) is 4.39 Å². The third kappa shape index (κ3) is 4.06. The molecule has 0 aliphatic carbocycles. The van der Waals surface area contributed by atoms with Crippen molar-refractivity contribution in [3.05, 3.63) is 71.7 Å². The van der Waals surface area contributed by atoms with Crippen molar-refractivity contribution in [1.82, 2.24) is 10.3 Å². The number of hydrogen-bond acceptors (Lipinski definition) is 2. The van der Waals surface area contributed by atoms with Gasteiger partial charge in [0, 0.05) is 43.1 Å². The third-order valence-electron chi connectivity index (χ3n) is 4.29. The zero-order valence-corrected chi connectivity index (χ0v) is 14.1. The minimum atomic E-state index is -0.286.